The van der Waals surface area contributed by atoms with Crippen LogP contribution < -0.4 is 5.32 Å². The molecular formula is C24H22N2O2S. The lowest BCUT2D eigenvalue weighted by Gasteiger charge is -2.24. The van der Waals surface area contributed by atoms with E-state index >= 15 is 0 Å². The number of nitrogens with one attached hydrogen (secondary N) is 1. The van der Waals surface area contributed by atoms with Gasteiger partial charge in [0.1, 0.15) is 0 Å². The molecule has 1 N–H and O–H groups in total. The Morgan fingerprint density at radius 2 is 1.52 bits per heavy atom. The van der Waals surface area contributed by atoms with Crippen molar-refractivity contribution < 1.29 is 9.59 Å². The molecule has 1 aliphatic heterocycles. The highest BCUT2D eigenvalue weighted by atomic mass is 32.2. The average molecular weight is 403 g/mol. The number of hydrogen-bond acceptors (Lipinski definition) is 3. The number of carbonyl (C=O) groups excluding carboxylic acids is 2. The van der Waals surface area contributed by atoms with Gasteiger partial charge in [-0.15, -0.1) is 11.8 Å². The van der Waals surface area contributed by atoms with Gasteiger partial charge in [0, 0.05) is 35.7 Å². The van der Waals surface area contributed by atoms with Crippen LogP contribution in [0.4, 0.5) is 5.69 Å². The lowest BCUT2D eigenvalue weighted by Crippen LogP contribution is -2.30. The zero-order chi connectivity index (χ0) is 20.1. The number of carbonyl (C=O) groups is 2. The van der Waals surface area contributed by atoms with Gasteiger partial charge in [0.25, 0.3) is 5.91 Å². The number of fused-ring (bicyclic) bond motifs is 1. The zero-order valence-corrected chi connectivity index (χ0v) is 16.8. The van der Waals surface area contributed by atoms with Gasteiger partial charge in [0.15, 0.2) is 0 Å². The standard InChI is InChI=1S/C24H22N2O2S/c27-23-13-14-29-22-12-11-20(15-21(22)25-23)24(28)26(16-18-7-3-1-4-8-18)17-19-9-5-2-6-10-19/h1-12,15H,13-14,16-17H2,(H,25,27). The van der Waals surface area contributed by atoms with E-state index in [1.165, 1.54) is 0 Å². The van der Waals surface area contributed by atoms with Gasteiger partial charge in [-0.3, -0.25) is 9.59 Å². The summed E-state index contributed by atoms with van der Waals surface area (Å²) in [5, 5.41) is 2.93. The van der Waals surface area contributed by atoms with Gasteiger partial charge < -0.3 is 10.2 Å². The number of rotatable bonds is 5. The quantitative estimate of drug-likeness (QED) is 0.656. The molecule has 29 heavy (non-hydrogen) atoms. The minimum absolute atomic E-state index is 0.00808. The number of amides is 2. The summed E-state index contributed by atoms with van der Waals surface area (Å²) in [6.07, 6.45) is 0.483. The number of benzene rings is 3. The lowest BCUT2D eigenvalue weighted by molar-refractivity contribution is -0.115. The summed E-state index contributed by atoms with van der Waals surface area (Å²) in [5.74, 6) is 0.690. The zero-order valence-electron chi connectivity index (χ0n) is 16.0. The molecule has 0 saturated heterocycles. The maximum Gasteiger partial charge on any atom is 0.254 e. The molecule has 4 rings (SSSR count). The smallest absolute Gasteiger partial charge is 0.254 e. The highest BCUT2D eigenvalue weighted by Crippen LogP contribution is 2.32. The predicted octanol–water partition coefficient (Wildman–Crippen LogP) is 4.96. The summed E-state index contributed by atoms with van der Waals surface area (Å²) in [4.78, 5) is 28.2. The van der Waals surface area contributed by atoms with Crippen molar-refractivity contribution >= 4 is 29.3 Å². The molecule has 4 nitrogen and oxygen atoms in total. The Labute approximate surface area is 174 Å². The van der Waals surface area contributed by atoms with E-state index in [1.807, 2.05) is 77.7 Å². The van der Waals surface area contributed by atoms with E-state index in [4.69, 9.17) is 0 Å². The number of thioether (sulfide) groups is 1. The molecule has 0 bridgehead atoms. The van der Waals surface area contributed by atoms with Crippen molar-refractivity contribution in [1.29, 1.82) is 0 Å². The molecule has 0 spiro atoms. The first-order chi connectivity index (χ1) is 14.2. The van der Waals surface area contributed by atoms with Gasteiger partial charge in [-0.1, -0.05) is 60.7 Å². The van der Waals surface area contributed by atoms with Gasteiger partial charge in [-0.05, 0) is 29.3 Å². The van der Waals surface area contributed by atoms with Gasteiger partial charge in [-0.25, -0.2) is 0 Å². The van der Waals surface area contributed by atoms with Crippen LogP contribution in [0.1, 0.15) is 27.9 Å². The highest BCUT2D eigenvalue weighted by molar-refractivity contribution is 7.99. The van der Waals surface area contributed by atoms with Crippen LogP contribution in [0.5, 0.6) is 0 Å². The van der Waals surface area contributed by atoms with Crippen molar-refractivity contribution in [2.24, 2.45) is 0 Å². The maximum atomic E-state index is 13.4. The summed E-state index contributed by atoms with van der Waals surface area (Å²) in [6.45, 7) is 1.04. The van der Waals surface area contributed by atoms with Crippen LogP contribution in [0.25, 0.3) is 0 Å². The summed E-state index contributed by atoms with van der Waals surface area (Å²) in [6, 6.07) is 25.6. The van der Waals surface area contributed by atoms with Crippen molar-refractivity contribution in [3.05, 3.63) is 95.6 Å². The summed E-state index contributed by atoms with van der Waals surface area (Å²) in [7, 11) is 0. The minimum Gasteiger partial charge on any atom is -0.330 e. The highest BCUT2D eigenvalue weighted by Gasteiger charge is 2.20. The summed E-state index contributed by atoms with van der Waals surface area (Å²) < 4.78 is 0. The Balaban J connectivity index is 1.63. The molecule has 146 valence electrons. The molecule has 0 aromatic heterocycles. The van der Waals surface area contributed by atoms with Gasteiger partial charge in [0.2, 0.25) is 5.91 Å². The van der Waals surface area contributed by atoms with Gasteiger partial charge in [0.05, 0.1) is 5.69 Å². The topological polar surface area (TPSA) is 49.4 Å². The maximum absolute atomic E-state index is 13.4. The van der Waals surface area contributed by atoms with Crippen molar-refractivity contribution in [3.63, 3.8) is 0 Å². The Morgan fingerprint density at radius 1 is 0.897 bits per heavy atom. The van der Waals surface area contributed by atoms with E-state index in [0.717, 1.165) is 27.5 Å². The third-order valence-electron chi connectivity index (χ3n) is 4.81. The molecule has 1 aliphatic rings. The second kappa shape index (κ2) is 8.97. The number of hydrogen-bond donors (Lipinski definition) is 1. The summed E-state index contributed by atoms with van der Waals surface area (Å²) >= 11 is 1.64. The third kappa shape index (κ3) is 4.87. The fourth-order valence-electron chi connectivity index (χ4n) is 3.34. The first kappa shape index (κ1) is 19.3. The molecule has 2 amide bonds. The van der Waals surface area contributed by atoms with E-state index in [0.29, 0.717) is 25.1 Å². The van der Waals surface area contributed by atoms with Crippen molar-refractivity contribution in [1.82, 2.24) is 4.90 Å². The molecule has 0 aliphatic carbocycles. The lowest BCUT2D eigenvalue weighted by atomic mass is 10.1. The Bertz CT molecular complexity index is 964. The van der Waals surface area contributed by atoms with Crippen LogP contribution in [0, 0.1) is 0 Å². The Hall–Kier alpha value is -3.05. The Morgan fingerprint density at radius 3 is 2.14 bits per heavy atom. The van der Waals surface area contributed by atoms with E-state index in [9.17, 15) is 9.59 Å². The minimum atomic E-state index is -0.0518. The molecular weight excluding hydrogens is 380 g/mol. The molecule has 0 unspecified atom stereocenters. The average Bonchev–Trinajstić information content (AvgIpc) is 2.94. The molecule has 0 radical (unpaired) electrons. The van der Waals surface area contributed by atoms with Crippen molar-refractivity contribution in [3.8, 4) is 0 Å². The fraction of sp³-hybridized carbons (Fsp3) is 0.167. The van der Waals surface area contributed by atoms with Crippen LogP contribution in [-0.4, -0.2) is 22.5 Å². The van der Waals surface area contributed by atoms with Crippen LogP contribution in [0.2, 0.25) is 0 Å². The molecule has 0 fully saturated rings. The number of anilines is 1. The van der Waals surface area contributed by atoms with Crippen LogP contribution in [-0.2, 0) is 17.9 Å². The van der Waals surface area contributed by atoms with E-state index in [1.54, 1.807) is 17.8 Å². The van der Waals surface area contributed by atoms with Crippen LogP contribution >= 0.6 is 11.8 Å². The van der Waals surface area contributed by atoms with Gasteiger partial charge in [-0.2, -0.15) is 0 Å². The monoisotopic (exact) mass is 402 g/mol. The molecule has 5 heteroatoms. The largest absolute Gasteiger partial charge is 0.330 e. The van der Waals surface area contributed by atoms with Crippen LogP contribution in [0.3, 0.4) is 0 Å². The normalized spacial score (nSPS) is 13.2. The Kier molecular flexibility index (Phi) is 5.96. The van der Waals surface area contributed by atoms with E-state index < -0.39 is 0 Å². The molecule has 1 heterocycles. The van der Waals surface area contributed by atoms with E-state index in [-0.39, 0.29) is 11.8 Å². The molecule has 3 aromatic rings. The fourth-order valence-corrected chi connectivity index (χ4v) is 4.28. The number of nitrogens with zero attached hydrogens (tertiary/aromatic N) is 1. The first-order valence-electron chi connectivity index (χ1n) is 9.63. The molecule has 0 saturated carbocycles. The molecule has 0 atom stereocenters. The van der Waals surface area contributed by atoms with Gasteiger partial charge >= 0.3 is 0 Å². The van der Waals surface area contributed by atoms with Crippen molar-refractivity contribution in [2.75, 3.05) is 11.1 Å². The van der Waals surface area contributed by atoms with Crippen LogP contribution in [0.15, 0.2) is 83.8 Å². The second-order valence-electron chi connectivity index (χ2n) is 6.99. The van der Waals surface area contributed by atoms with E-state index in [2.05, 4.69) is 5.32 Å². The molecule has 3 aromatic carbocycles. The first-order valence-corrected chi connectivity index (χ1v) is 10.6. The van der Waals surface area contributed by atoms with Crippen molar-refractivity contribution in [2.45, 2.75) is 24.4 Å². The second-order valence-corrected chi connectivity index (χ2v) is 8.13. The SMILES string of the molecule is O=C1CCSc2ccc(C(=O)N(Cc3ccccc3)Cc3ccccc3)cc2N1. The summed E-state index contributed by atoms with van der Waals surface area (Å²) in [5.41, 5.74) is 3.46. The predicted molar refractivity (Wildman–Crippen MR) is 117 cm³/mol. The third-order valence-corrected chi connectivity index (χ3v) is 5.88.